The molecule has 0 N–H and O–H groups in total. The van der Waals surface area contributed by atoms with Crippen LogP contribution in [0.5, 0.6) is 0 Å². The molecule has 33 heavy (non-hydrogen) atoms. The lowest BCUT2D eigenvalue weighted by molar-refractivity contribution is -0.141. The van der Waals surface area contributed by atoms with Gasteiger partial charge in [-0.15, -0.1) is 0 Å². The van der Waals surface area contributed by atoms with Crippen molar-refractivity contribution in [2.24, 2.45) is 0 Å². The molecular weight excluding hydrogens is 418 g/mol. The minimum Gasteiger partial charge on any atom is -0.457 e. The first-order chi connectivity index (χ1) is 15.9. The Bertz CT molecular complexity index is 1360. The molecule has 2 aromatic heterocycles. The maximum absolute atomic E-state index is 13.2. The third-order valence-electron chi connectivity index (χ3n) is 5.38. The predicted molar refractivity (Wildman–Crippen MR) is 120 cm³/mol. The van der Waals surface area contributed by atoms with Crippen molar-refractivity contribution < 1.29 is 18.8 Å². The summed E-state index contributed by atoms with van der Waals surface area (Å²) in [5.74, 6) is -0.207. The van der Waals surface area contributed by atoms with Gasteiger partial charge in [0.2, 0.25) is 0 Å². The molecule has 4 rings (SSSR count). The van der Waals surface area contributed by atoms with E-state index < -0.39 is 11.8 Å². The number of hydrogen-bond acceptors (Lipinski definition) is 6. The quantitative estimate of drug-likeness (QED) is 0.334. The second-order valence-electron chi connectivity index (χ2n) is 7.56. The van der Waals surface area contributed by atoms with Crippen LogP contribution < -0.4 is 0 Å². The van der Waals surface area contributed by atoms with Crippen LogP contribution in [0.15, 0.2) is 82.1 Å². The van der Waals surface area contributed by atoms with Crippen LogP contribution in [0.4, 0.5) is 0 Å². The number of benzene rings is 1. The molecule has 1 aliphatic rings. The number of pyridine rings is 1. The molecule has 3 aromatic rings. The lowest BCUT2D eigenvalue weighted by atomic mass is 9.94. The number of carbonyl (C=O) groups is 3. The van der Waals surface area contributed by atoms with Crippen molar-refractivity contribution in [2.75, 3.05) is 0 Å². The van der Waals surface area contributed by atoms with Crippen molar-refractivity contribution in [1.82, 2.24) is 9.88 Å². The number of amides is 2. The fourth-order valence-electron chi connectivity index (χ4n) is 3.54. The average molecular weight is 437 g/mol. The Morgan fingerprint density at radius 3 is 2.52 bits per heavy atom. The van der Waals surface area contributed by atoms with Gasteiger partial charge in [-0.2, -0.15) is 5.26 Å². The van der Waals surface area contributed by atoms with E-state index in [1.807, 2.05) is 6.07 Å². The van der Waals surface area contributed by atoms with Gasteiger partial charge in [-0.1, -0.05) is 30.3 Å². The van der Waals surface area contributed by atoms with Gasteiger partial charge in [0.05, 0.1) is 6.54 Å². The van der Waals surface area contributed by atoms with Crippen LogP contribution in [0.25, 0.3) is 17.4 Å². The van der Waals surface area contributed by atoms with E-state index in [0.29, 0.717) is 28.2 Å². The van der Waals surface area contributed by atoms with Crippen molar-refractivity contribution in [2.45, 2.75) is 20.4 Å². The zero-order chi connectivity index (χ0) is 23.5. The Kier molecular flexibility index (Phi) is 5.83. The normalized spacial score (nSPS) is 15.2. The average Bonchev–Trinajstić information content (AvgIpc) is 3.29. The number of carbonyl (C=O) groups excluding carboxylic acids is 3. The highest BCUT2D eigenvalue weighted by Gasteiger charge is 2.35. The molecule has 0 fully saturated rings. The van der Waals surface area contributed by atoms with Crippen molar-refractivity contribution >= 4 is 23.7 Å². The van der Waals surface area contributed by atoms with Crippen molar-refractivity contribution in [3.63, 3.8) is 0 Å². The van der Waals surface area contributed by atoms with Crippen molar-refractivity contribution in [3.8, 4) is 17.4 Å². The van der Waals surface area contributed by atoms with Crippen molar-refractivity contribution in [3.05, 3.63) is 94.5 Å². The first-order valence-corrected chi connectivity index (χ1v) is 10.2. The standard InChI is InChI=1S/C26H19N3O4/c1-16-22(12-21-9-10-24(33-21)20-7-5-19(6-8-20)17(2)30)25(31)29(26(32)23(16)13-27)15-18-4-3-11-28-14-18/h3-12,14H,15H2,1-2H3. The highest BCUT2D eigenvalue weighted by molar-refractivity contribution is 6.19. The van der Waals surface area contributed by atoms with Crippen LogP contribution in [0.1, 0.15) is 35.5 Å². The number of furan rings is 1. The van der Waals surface area contributed by atoms with Crippen LogP contribution in [-0.2, 0) is 16.1 Å². The number of nitrogens with zero attached hydrogens (tertiary/aromatic N) is 3. The minimum atomic E-state index is -0.633. The molecule has 1 aliphatic heterocycles. The Labute approximate surface area is 190 Å². The van der Waals surface area contributed by atoms with Gasteiger partial charge in [-0.3, -0.25) is 24.3 Å². The molecule has 0 unspecified atom stereocenters. The second kappa shape index (κ2) is 8.89. The molecule has 0 saturated carbocycles. The molecule has 0 radical (unpaired) electrons. The first kappa shape index (κ1) is 21.7. The number of imide groups is 1. The van der Waals surface area contributed by atoms with Crippen LogP contribution in [0.3, 0.4) is 0 Å². The number of aromatic nitrogens is 1. The zero-order valence-corrected chi connectivity index (χ0v) is 18.0. The fourth-order valence-corrected chi connectivity index (χ4v) is 3.54. The summed E-state index contributed by atoms with van der Waals surface area (Å²) in [7, 11) is 0. The fraction of sp³-hybridized carbons (Fsp3) is 0.115. The number of nitriles is 1. The van der Waals surface area contributed by atoms with Crippen LogP contribution >= 0.6 is 0 Å². The molecule has 0 spiro atoms. The topological polar surface area (TPSA) is 104 Å². The molecule has 0 bridgehead atoms. The summed E-state index contributed by atoms with van der Waals surface area (Å²) < 4.78 is 5.89. The summed E-state index contributed by atoms with van der Waals surface area (Å²) in [5, 5.41) is 9.55. The molecule has 162 valence electrons. The van der Waals surface area contributed by atoms with Gasteiger partial charge in [0.25, 0.3) is 11.8 Å². The van der Waals surface area contributed by atoms with Gasteiger partial charge in [-0.25, -0.2) is 0 Å². The molecule has 7 nitrogen and oxygen atoms in total. The van der Waals surface area contributed by atoms with E-state index in [-0.39, 0.29) is 23.5 Å². The van der Waals surface area contributed by atoms with E-state index >= 15 is 0 Å². The van der Waals surface area contributed by atoms with Crippen LogP contribution in [0, 0.1) is 11.3 Å². The SMILES string of the molecule is CC(=O)c1ccc(-c2ccc(C=C3C(=O)N(Cc4cccnc4)C(=O)C(C#N)=C3C)o2)cc1. The summed E-state index contributed by atoms with van der Waals surface area (Å²) >= 11 is 0. The molecule has 1 aromatic carbocycles. The van der Waals surface area contributed by atoms with Gasteiger partial charge >= 0.3 is 0 Å². The molecule has 0 atom stereocenters. The third-order valence-corrected chi connectivity index (χ3v) is 5.38. The number of ketones is 1. The highest BCUT2D eigenvalue weighted by atomic mass is 16.3. The van der Waals surface area contributed by atoms with Crippen molar-refractivity contribution in [1.29, 1.82) is 5.26 Å². The molecule has 3 heterocycles. The maximum Gasteiger partial charge on any atom is 0.271 e. The van der Waals surface area contributed by atoms with E-state index in [1.165, 1.54) is 13.0 Å². The van der Waals surface area contributed by atoms with Gasteiger partial charge in [0.1, 0.15) is 23.2 Å². The Morgan fingerprint density at radius 1 is 1.12 bits per heavy atom. The van der Waals surface area contributed by atoms with Crippen LogP contribution in [-0.4, -0.2) is 27.5 Å². The maximum atomic E-state index is 13.2. The summed E-state index contributed by atoms with van der Waals surface area (Å²) in [6, 6.07) is 15.9. The molecule has 0 saturated heterocycles. The second-order valence-corrected chi connectivity index (χ2v) is 7.56. The van der Waals surface area contributed by atoms with E-state index in [2.05, 4.69) is 4.98 Å². The zero-order valence-electron chi connectivity index (χ0n) is 18.0. The van der Waals surface area contributed by atoms with E-state index in [9.17, 15) is 19.6 Å². The summed E-state index contributed by atoms with van der Waals surface area (Å²) in [6.45, 7) is 3.08. The minimum absolute atomic E-state index is 0.00715. The van der Waals surface area contributed by atoms with Gasteiger partial charge < -0.3 is 4.42 Å². The lowest BCUT2D eigenvalue weighted by Gasteiger charge is -2.27. The van der Waals surface area contributed by atoms with E-state index in [1.54, 1.807) is 67.8 Å². The molecule has 7 heteroatoms. The molecule has 0 aliphatic carbocycles. The van der Waals surface area contributed by atoms with E-state index in [0.717, 1.165) is 10.5 Å². The third kappa shape index (κ3) is 4.27. The number of rotatable bonds is 5. The number of Topliss-reactive ketones (excluding diaryl/α,β-unsaturated/α-hetero) is 1. The Hall–Kier alpha value is -4.57. The van der Waals surface area contributed by atoms with Gasteiger partial charge in [0, 0.05) is 29.1 Å². The van der Waals surface area contributed by atoms with Crippen LogP contribution in [0.2, 0.25) is 0 Å². The van der Waals surface area contributed by atoms with Gasteiger partial charge in [0.15, 0.2) is 5.78 Å². The monoisotopic (exact) mass is 437 g/mol. The summed E-state index contributed by atoms with van der Waals surface area (Å²) in [6.07, 6.45) is 4.70. The summed E-state index contributed by atoms with van der Waals surface area (Å²) in [4.78, 5) is 42.5. The Balaban J connectivity index is 1.68. The van der Waals surface area contributed by atoms with E-state index in [4.69, 9.17) is 4.42 Å². The largest absolute Gasteiger partial charge is 0.457 e. The first-order valence-electron chi connectivity index (χ1n) is 10.2. The number of hydrogen-bond donors (Lipinski definition) is 0. The smallest absolute Gasteiger partial charge is 0.271 e. The Morgan fingerprint density at radius 2 is 1.88 bits per heavy atom. The van der Waals surface area contributed by atoms with Gasteiger partial charge in [-0.05, 0) is 49.3 Å². The predicted octanol–water partition coefficient (Wildman–Crippen LogP) is 4.34. The summed E-state index contributed by atoms with van der Waals surface area (Å²) in [5.41, 5.74) is 2.48. The lowest BCUT2D eigenvalue weighted by Crippen LogP contribution is -2.42. The molecule has 2 amide bonds. The highest BCUT2D eigenvalue weighted by Crippen LogP contribution is 2.30. The molecular formula is C26H19N3O4.